The third kappa shape index (κ3) is 6.38. The molecule has 6 nitrogen and oxygen atoms in total. The lowest BCUT2D eigenvalue weighted by atomic mass is 9.93. The molecule has 2 heterocycles. The van der Waals surface area contributed by atoms with Gasteiger partial charge >= 0.3 is 0 Å². The summed E-state index contributed by atoms with van der Waals surface area (Å²) < 4.78 is 0. The Kier molecular flexibility index (Phi) is 7.75. The second-order valence-electron chi connectivity index (χ2n) is 7.77. The highest BCUT2D eigenvalue weighted by Crippen LogP contribution is 2.19. The van der Waals surface area contributed by atoms with Gasteiger partial charge in [-0.05, 0) is 57.1 Å². The van der Waals surface area contributed by atoms with Gasteiger partial charge < -0.3 is 20.6 Å². The number of nitrogens with one attached hydrogen (secondary N) is 2. The molecule has 2 aliphatic rings. The summed E-state index contributed by atoms with van der Waals surface area (Å²) in [5.74, 6) is 1.95. The summed E-state index contributed by atoms with van der Waals surface area (Å²) in [4.78, 5) is 11.8. The zero-order valence-corrected chi connectivity index (χ0v) is 16.7. The van der Waals surface area contributed by atoms with Gasteiger partial charge in [0.1, 0.15) is 5.82 Å². The number of aromatic nitrogens is 1. The van der Waals surface area contributed by atoms with Crippen molar-refractivity contribution in [1.29, 1.82) is 0 Å². The van der Waals surface area contributed by atoms with Crippen LogP contribution in [-0.2, 0) is 6.54 Å². The van der Waals surface area contributed by atoms with Gasteiger partial charge in [0.2, 0.25) is 0 Å². The van der Waals surface area contributed by atoms with Crippen molar-refractivity contribution in [3.8, 4) is 0 Å². The Morgan fingerprint density at radius 2 is 1.89 bits per heavy atom. The molecule has 0 unspecified atom stereocenters. The first-order valence-corrected chi connectivity index (χ1v) is 10.7. The molecule has 0 bridgehead atoms. The standard InChI is InChI=1S/C21H35N5O/c1-2-22-21(25-18-8-10-19(27)11-9-18)24-16-17-7-12-20(23-15-17)26-13-5-3-4-6-14-26/h7,12,15,18-19,27H,2-6,8-11,13-14,16H2,1H3,(H2,22,24,25). The van der Waals surface area contributed by atoms with E-state index in [4.69, 9.17) is 4.99 Å². The van der Waals surface area contributed by atoms with E-state index in [-0.39, 0.29) is 6.10 Å². The second kappa shape index (κ2) is 10.5. The predicted molar refractivity (Wildman–Crippen MR) is 111 cm³/mol. The van der Waals surface area contributed by atoms with Crippen LogP contribution in [0.3, 0.4) is 0 Å². The fourth-order valence-corrected chi connectivity index (χ4v) is 3.90. The molecule has 2 fully saturated rings. The monoisotopic (exact) mass is 373 g/mol. The van der Waals surface area contributed by atoms with Gasteiger partial charge in [0.15, 0.2) is 5.96 Å². The van der Waals surface area contributed by atoms with E-state index in [0.717, 1.165) is 62.7 Å². The third-order valence-corrected chi connectivity index (χ3v) is 5.54. The van der Waals surface area contributed by atoms with Crippen LogP contribution < -0.4 is 15.5 Å². The average Bonchev–Trinajstić information content (AvgIpc) is 2.98. The minimum Gasteiger partial charge on any atom is -0.393 e. The molecule has 3 N–H and O–H groups in total. The lowest BCUT2D eigenvalue weighted by Crippen LogP contribution is -2.45. The number of rotatable bonds is 5. The van der Waals surface area contributed by atoms with Crippen molar-refractivity contribution in [2.24, 2.45) is 4.99 Å². The molecule has 1 aromatic rings. The van der Waals surface area contributed by atoms with Crippen molar-refractivity contribution in [1.82, 2.24) is 15.6 Å². The molecule has 0 atom stereocenters. The van der Waals surface area contributed by atoms with Gasteiger partial charge in [-0.3, -0.25) is 0 Å². The van der Waals surface area contributed by atoms with Crippen LogP contribution in [0.15, 0.2) is 23.3 Å². The lowest BCUT2D eigenvalue weighted by Gasteiger charge is -2.27. The Morgan fingerprint density at radius 1 is 1.15 bits per heavy atom. The molecule has 0 amide bonds. The van der Waals surface area contributed by atoms with E-state index in [0.29, 0.717) is 12.6 Å². The first kappa shape index (κ1) is 19.9. The van der Waals surface area contributed by atoms with Gasteiger partial charge in [-0.25, -0.2) is 9.98 Å². The van der Waals surface area contributed by atoms with Crippen molar-refractivity contribution in [2.45, 2.75) is 77.0 Å². The maximum atomic E-state index is 9.66. The van der Waals surface area contributed by atoms with E-state index in [1.54, 1.807) is 0 Å². The maximum Gasteiger partial charge on any atom is 0.191 e. The lowest BCUT2D eigenvalue weighted by molar-refractivity contribution is 0.120. The van der Waals surface area contributed by atoms with Crippen LogP contribution in [0.5, 0.6) is 0 Å². The van der Waals surface area contributed by atoms with Gasteiger partial charge in [-0.15, -0.1) is 0 Å². The fourth-order valence-electron chi connectivity index (χ4n) is 3.90. The molecule has 0 radical (unpaired) electrons. The van der Waals surface area contributed by atoms with Crippen molar-refractivity contribution in [3.05, 3.63) is 23.9 Å². The first-order valence-electron chi connectivity index (χ1n) is 10.7. The number of hydrogen-bond donors (Lipinski definition) is 3. The van der Waals surface area contributed by atoms with Gasteiger partial charge in [-0.1, -0.05) is 18.9 Å². The zero-order valence-electron chi connectivity index (χ0n) is 16.7. The first-order chi connectivity index (χ1) is 13.2. The Hall–Kier alpha value is -1.82. The molecule has 1 aliphatic heterocycles. The zero-order chi connectivity index (χ0) is 18.9. The van der Waals surface area contributed by atoms with Crippen LogP contribution in [0.4, 0.5) is 5.82 Å². The number of aliphatic imine (C=N–C) groups is 1. The van der Waals surface area contributed by atoms with E-state index in [1.165, 1.54) is 25.7 Å². The van der Waals surface area contributed by atoms with Gasteiger partial charge in [0.25, 0.3) is 0 Å². The Labute approximate surface area is 163 Å². The minimum atomic E-state index is -0.128. The summed E-state index contributed by atoms with van der Waals surface area (Å²) in [7, 11) is 0. The van der Waals surface area contributed by atoms with Crippen LogP contribution in [0, 0.1) is 0 Å². The summed E-state index contributed by atoms with van der Waals surface area (Å²) in [6.45, 7) is 5.79. The fraction of sp³-hybridized carbons (Fsp3) is 0.714. The number of hydrogen-bond acceptors (Lipinski definition) is 4. The predicted octanol–water partition coefficient (Wildman–Crippen LogP) is 2.82. The van der Waals surface area contributed by atoms with E-state index < -0.39 is 0 Å². The quantitative estimate of drug-likeness (QED) is 0.547. The highest BCUT2D eigenvalue weighted by Gasteiger charge is 2.20. The van der Waals surface area contributed by atoms with Crippen LogP contribution in [0.25, 0.3) is 0 Å². The van der Waals surface area contributed by atoms with Crippen molar-refractivity contribution in [2.75, 3.05) is 24.5 Å². The molecule has 3 rings (SSSR count). The largest absolute Gasteiger partial charge is 0.393 e. The van der Waals surface area contributed by atoms with Crippen molar-refractivity contribution >= 4 is 11.8 Å². The Morgan fingerprint density at radius 3 is 2.52 bits per heavy atom. The summed E-state index contributed by atoms with van der Waals surface area (Å²) in [5.41, 5.74) is 1.13. The summed E-state index contributed by atoms with van der Waals surface area (Å²) >= 11 is 0. The molecule has 0 aromatic carbocycles. The molecular formula is C21H35N5O. The van der Waals surface area contributed by atoms with E-state index in [2.05, 4.69) is 39.6 Å². The SMILES string of the molecule is CCNC(=NCc1ccc(N2CCCCCC2)nc1)NC1CCC(O)CC1. The highest BCUT2D eigenvalue weighted by molar-refractivity contribution is 5.80. The molecule has 0 spiro atoms. The van der Waals surface area contributed by atoms with Crippen molar-refractivity contribution in [3.63, 3.8) is 0 Å². The number of pyridine rings is 1. The molecule has 150 valence electrons. The number of guanidine groups is 1. The summed E-state index contributed by atoms with van der Waals surface area (Å²) in [6, 6.07) is 4.69. The van der Waals surface area contributed by atoms with Crippen molar-refractivity contribution < 1.29 is 5.11 Å². The van der Waals surface area contributed by atoms with Crippen LogP contribution >= 0.6 is 0 Å². The number of aliphatic hydroxyl groups is 1. The molecule has 27 heavy (non-hydrogen) atoms. The number of nitrogens with zero attached hydrogens (tertiary/aromatic N) is 3. The van der Waals surface area contributed by atoms with Crippen LogP contribution in [-0.4, -0.2) is 47.8 Å². The molecule has 1 saturated carbocycles. The topological polar surface area (TPSA) is 72.8 Å². The average molecular weight is 374 g/mol. The molecule has 1 saturated heterocycles. The number of anilines is 1. The smallest absolute Gasteiger partial charge is 0.191 e. The minimum absolute atomic E-state index is 0.128. The summed E-state index contributed by atoms with van der Waals surface area (Å²) in [5, 5.41) is 16.5. The number of aliphatic hydroxyl groups excluding tert-OH is 1. The van der Waals surface area contributed by atoms with E-state index in [1.807, 2.05) is 6.20 Å². The molecule has 1 aliphatic carbocycles. The van der Waals surface area contributed by atoms with Gasteiger partial charge in [0.05, 0.1) is 12.6 Å². The second-order valence-corrected chi connectivity index (χ2v) is 7.77. The summed E-state index contributed by atoms with van der Waals surface area (Å²) in [6.07, 6.45) is 10.8. The maximum absolute atomic E-state index is 9.66. The van der Waals surface area contributed by atoms with Gasteiger partial charge in [0, 0.05) is 31.9 Å². The van der Waals surface area contributed by atoms with E-state index in [9.17, 15) is 5.11 Å². The normalized spacial score (nSPS) is 24.4. The Bertz CT molecular complexity index is 573. The molecule has 6 heteroatoms. The highest BCUT2D eigenvalue weighted by atomic mass is 16.3. The van der Waals surface area contributed by atoms with Crippen LogP contribution in [0.1, 0.15) is 63.9 Å². The molecular weight excluding hydrogens is 338 g/mol. The Balaban J connectivity index is 1.55. The van der Waals surface area contributed by atoms with Crippen LogP contribution in [0.2, 0.25) is 0 Å². The van der Waals surface area contributed by atoms with E-state index >= 15 is 0 Å². The third-order valence-electron chi connectivity index (χ3n) is 5.54. The molecule has 1 aromatic heterocycles. The van der Waals surface area contributed by atoms with Gasteiger partial charge in [-0.2, -0.15) is 0 Å².